The van der Waals surface area contributed by atoms with E-state index >= 15 is 0 Å². The Bertz CT molecular complexity index is 688. The molecule has 0 saturated heterocycles. The van der Waals surface area contributed by atoms with Gasteiger partial charge in [0, 0.05) is 17.6 Å². The molecule has 7 nitrogen and oxygen atoms in total. The largest absolute Gasteiger partial charge is 0.468 e. The number of benzene rings is 1. The van der Waals surface area contributed by atoms with Crippen LogP contribution in [0.15, 0.2) is 33.6 Å². The van der Waals surface area contributed by atoms with Crippen LogP contribution in [0, 0.1) is 0 Å². The third kappa shape index (κ3) is 5.29. The third-order valence-electron chi connectivity index (χ3n) is 3.35. The van der Waals surface area contributed by atoms with E-state index in [2.05, 4.69) is 20.7 Å². The smallest absolute Gasteiger partial charge is 0.325 e. The molecule has 1 rings (SSSR count). The van der Waals surface area contributed by atoms with Crippen LogP contribution in [-0.2, 0) is 24.3 Å². The quantitative estimate of drug-likeness (QED) is 0.623. The van der Waals surface area contributed by atoms with Gasteiger partial charge >= 0.3 is 5.97 Å². The SMILES string of the molecule is COC(=O)CN(C(=O)CN(C)S(=O)(=O)c1ccc(Br)cc1)C(C)C. The normalized spacial score (nSPS) is 11.6. The van der Waals surface area contributed by atoms with Crippen molar-refractivity contribution < 1.29 is 22.7 Å². The van der Waals surface area contributed by atoms with Gasteiger partial charge in [0.1, 0.15) is 6.54 Å². The summed E-state index contributed by atoms with van der Waals surface area (Å²) in [5, 5.41) is 0. The molecule has 0 aliphatic carbocycles. The molecule has 0 radical (unpaired) electrons. The molecule has 0 saturated carbocycles. The van der Waals surface area contributed by atoms with E-state index < -0.39 is 21.9 Å². The molecule has 9 heteroatoms. The van der Waals surface area contributed by atoms with E-state index in [1.807, 2.05) is 0 Å². The molecular formula is C15H21BrN2O5S. The maximum absolute atomic E-state index is 12.5. The number of carbonyl (C=O) groups is 2. The molecule has 24 heavy (non-hydrogen) atoms. The number of halogens is 1. The van der Waals surface area contributed by atoms with Crippen LogP contribution in [0.2, 0.25) is 0 Å². The van der Waals surface area contributed by atoms with Crippen molar-refractivity contribution in [3.63, 3.8) is 0 Å². The van der Waals surface area contributed by atoms with Crippen molar-refractivity contribution in [2.45, 2.75) is 24.8 Å². The predicted molar refractivity (Wildman–Crippen MR) is 92.8 cm³/mol. The molecule has 0 aliphatic rings. The number of carbonyl (C=O) groups excluding carboxylic acids is 2. The summed E-state index contributed by atoms with van der Waals surface area (Å²) < 4.78 is 31.3. The Kier molecular flexibility index (Phi) is 7.37. The van der Waals surface area contributed by atoms with Gasteiger partial charge in [-0.1, -0.05) is 15.9 Å². The van der Waals surface area contributed by atoms with Crippen molar-refractivity contribution >= 4 is 37.8 Å². The van der Waals surface area contributed by atoms with Crippen molar-refractivity contribution in [1.29, 1.82) is 0 Å². The zero-order chi connectivity index (χ0) is 18.5. The number of sulfonamides is 1. The van der Waals surface area contributed by atoms with Crippen molar-refractivity contribution in [3.05, 3.63) is 28.7 Å². The van der Waals surface area contributed by atoms with Crippen molar-refractivity contribution in [2.75, 3.05) is 27.2 Å². The number of hydrogen-bond donors (Lipinski definition) is 0. The minimum absolute atomic E-state index is 0.0880. The average molecular weight is 421 g/mol. The second-order valence-electron chi connectivity index (χ2n) is 5.41. The summed E-state index contributed by atoms with van der Waals surface area (Å²) in [7, 11) is -1.24. The lowest BCUT2D eigenvalue weighted by Gasteiger charge is -2.27. The second kappa shape index (κ2) is 8.59. The summed E-state index contributed by atoms with van der Waals surface area (Å²) in [5.41, 5.74) is 0. The van der Waals surface area contributed by atoms with Gasteiger partial charge in [0.2, 0.25) is 15.9 Å². The molecule has 1 aromatic carbocycles. The van der Waals surface area contributed by atoms with Gasteiger partial charge in [-0.3, -0.25) is 9.59 Å². The topological polar surface area (TPSA) is 84.0 Å². The molecule has 1 amide bonds. The lowest BCUT2D eigenvalue weighted by atomic mass is 10.3. The van der Waals surface area contributed by atoms with Gasteiger partial charge in [-0.15, -0.1) is 0 Å². The van der Waals surface area contributed by atoms with Crippen LogP contribution in [0.4, 0.5) is 0 Å². The van der Waals surface area contributed by atoms with E-state index in [-0.39, 0.29) is 24.0 Å². The highest BCUT2D eigenvalue weighted by molar-refractivity contribution is 9.10. The highest BCUT2D eigenvalue weighted by Gasteiger charge is 2.27. The standard InChI is InChI=1S/C15H21BrN2O5S/c1-11(2)18(10-15(20)23-4)14(19)9-17(3)24(21,22)13-7-5-12(16)6-8-13/h5-8,11H,9-10H2,1-4H3. The van der Waals surface area contributed by atoms with Crippen LogP contribution >= 0.6 is 15.9 Å². The van der Waals surface area contributed by atoms with Gasteiger partial charge < -0.3 is 9.64 Å². The minimum Gasteiger partial charge on any atom is -0.468 e. The summed E-state index contributed by atoms with van der Waals surface area (Å²) in [5.74, 6) is -1.03. The van der Waals surface area contributed by atoms with E-state index in [0.717, 1.165) is 8.78 Å². The molecule has 0 unspecified atom stereocenters. The fourth-order valence-electron chi connectivity index (χ4n) is 1.92. The summed E-state index contributed by atoms with van der Waals surface area (Å²) in [6, 6.07) is 5.87. The number of hydrogen-bond acceptors (Lipinski definition) is 5. The molecule has 0 aromatic heterocycles. The van der Waals surface area contributed by atoms with Gasteiger partial charge in [-0.2, -0.15) is 4.31 Å². The highest BCUT2D eigenvalue weighted by Crippen LogP contribution is 2.18. The average Bonchev–Trinajstić information content (AvgIpc) is 2.52. The van der Waals surface area contributed by atoms with Crippen LogP contribution in [0.5, 0.6) is 0 Å². The molecule has 1 aromatic rings. The first-order valence-corrected chi connectivity index (χ1v) is 9.41. The number of likely N-dealkylation sites (N-methyl/N-ethyl adjacent to an activating group) is 1. The van der Waals surface area contributed by atoms with Crippen molar-refractivity contribution in [3.8, 4) is 0 Å². The maximum atomic E-state index is 12.5. The van der Waals surface area contributed by atoms with E-state index in [1.54, 1.807) is 26.0 Å². The van der Waals surface area contributed by atoms with Gasteiger partial charge in [0.25, 0.3) is 0 Å². The van der Waals surface area contributed by atoms with Crippen LogP contribution in [0.1, 0.15) is 13.8 Å². The summed E-state index contributed by atoms with van der Waals surface area (Å²) in [4.78, 5) is 25.2. The Balaban J connectivity index is 2.90. The van der Waals surface area contributed by atoms with Crippen LogP contribution in [0.25, 0.3) is 0 Å². The second-order valence-corrected chi connectivity index (χ2v) is 8.37. The Morgan fingerprint density at radius 2 is 1.71 bits per heavy atom. The molecule has 0 aliphatic heterocycles. The summed E-state index contributed by atoms with van der Waals surface area (Å²) >= 11 is 3.24. The lowest BCUT2D eigenvalue weighted by molar-refractivity contribution is -0.148. The molecule has 0 spiro atoms. The van der Waals surface area contributed by atoms with E-state index in [0.29, 0.717) is 0 Å². The summed E-state index contributed by atoms with van der Waals surface area (Å²) in [6.45, 7) is 2.89. The number of rotatable bonds is 7. The Morgan fingerprint density at radius 3 is 2.17 bits per heavy atom. The number of nitrogens with zero attached hydrogens (tertiary/aromatic N) is 2. The van der Waals surface area contributed by atoms with Gasteiger partial charge in [0.05, 0.1) is 18.6 Å². The van der Waals surface area contributed by atoms with Crippen molar-refractivity contribution in [1.82, 2.24) is 9.21 Å². The molecule has 0 bridgehead atoms. The Labute approximate surface area is 150 Å². The Hall–Kier alpha value is -1.45. The predicted octanol–water partition coefficient (Wildman–Crippen LogP) is 1.48. The zero-order valence-corrected chi connectivity index (χ0v) is 16.4. The summed E-state index contributed by atoms with van der Waals surface area (Å²) in [6.07, 6.45) is 0. The molecule has 0 fully saturated rings. The maximum Gasteiger partial charge on any atom is 0.325 e. The molecule has 0 N–H and O–H groups in total. The number of amides is 1. The molecule has 0 atom stereocenters. The van der Waals surface area contributed by atoms with E-state index in [4.69, 9.17) is 0 Å². The first-order chi connectivity index (χ1) is 11.1. The molecule has 0 heterocycles. The van der Waals surface area contributed by atoms with Gasteiger partial charge in [-0.25, -0.2) is 8.42 Å². The monoisotopic (exact) mass is 420 g/mol. The van der Waals surface area contributed by atoms with E-state index in [9.17, 15) is 18.0 Å². The minimum atomic E-state index is -3.80. The number of ether oxygens (including phenoxy) is 1. The number of esters is 1. The van der Waals surface area contributed by atoms with Crippen molar-refractivity contribution in [2.24, 2.45) is 0 Å². The molecular weight excluding hydrogens is 400 g/mol. The molecule has 134 valence electrons. The third-order valence-corrected chi connectivity index (χ3v) is 5.70. The fourth-order valence-corrected chi connectivity index (χ4v) is 3.30. The first-order valence-electron chi connectivity index (χ1n) is 7.17. The van der Waals surface area contributed by atoms with Crippen LogP contribution in [-0.4, -0.2) is 62.8 Å². The fraction of sp³-hybridized carbons (Fsp3) is 0.467. The Morgan fingerprint density at radius 1 is 1.17 bits per heavy atom. The highest BCUT2D eigenvalue weighted by atomic mass is 79.9. The van der Waals surface area contributed by atoms with E-state index in [1.165, 1.54) is 31.2 Å². The number of methoxy groups -OCH3 is 1. The van der Waals surface area contributed by atoms with Gasteiger partial charge in [0.15, 0.2) is 0 Å². The van der Waals surface area contributed by atoms with Crippen LogP contribution < -0.4 is 0 Å². The lowest BCUT2D eigenvalue weighted by Crippen LogP contribution is -2.46. The van der Waals surface area contributed by atoms with Crippen LogP contribution in [0.3, 0.4) is 0 Å². The first kappa shape index (κ1) is 20.6. The van der Waals surface area contributed by atoms with Gasteiger partial charge in [-0.05, 0) is 38.1 Å². The zero-order valence-electron chi connectivity index (χ0n) is 14.0.